The Hall–Kier alpha value is -5.85. The number of nitrogens with one attached hydrogen (secondary N) is 2. The van der Waals surface area contributed by atoms with Gasteiger partial charge in [0.05, 0.1) is 31.5 Å². The minimum atomic E-state index is -1.28. The Morgan fingerprint density at radius 3 is 2.54 bits per heavy atom. The van der Waals surface area contributed by atoms with E-state index in [0.29, 0.717) is 39.4 Å². The molecule has 0 aliphatic carbocycles. The number of ether oxygens (including phenoxy) is 4. The first-order valence-corrected chi connectivity index (χ1v) is 17.1. The quantitative estimate of drug-likeness (QED) is 0.254. The summed E-state index contributed by atoms with van der Waals surface area (Å²) in [5, 5.41) is 16.0. The van der Waals surface area contributed by atoms with Crippen LogP contribution in [0, 0.1) is 0 Å². The van der Waals surface area contributed by atoms with E-state index in [1.54, 1.807) is 64.3 Å². The molecule has 0 spiro atoms. The number of alkyl carbamates (subject to hydrolysis) is 1. The minimum Gasteiger partial charge on any atom is -0.497 e. The van der Waals surface area contributed by atoms with Crippen molar-refractivity contribution in [1.29, 1.82) is 0 Å². The molecule has 2 bridgehead atoms. The number of carbonyl (C=O) groups excluding carboxylic acids is 3. The van der Waals surface area contributed by atoms with E-state index < -0.39 is 53.7 Å². The predicted octanol–water partition coefficient (Wildman–Crippen LogP) is 4.75. The number of hydrogen-bond donors (Lipinski definition) is 3. The molecule has 1 fully saturated rings. The van der Waals surface area contributed by atoms with Crippen molar-refractivity contribution in [2.45, 2.75) is 69.9 Å². The smallest absolute Gasteiger partial charge is 0.408 e. The van der Waals surface area contributed by atoms with Crippen LogP contribution in [0.25, 0.3) is 22.2 Å². The summed E-state index contributed by atoms with van der Waals surface area (Å²) < 4.78 is 23.4. The number of benzene rings is 3. The number of amides is 3. The van der Waals surface area contributed by atoms with Gasteiger partial charge < -0.3 is 39.6 Å². The van der Waals surface area contributed by atoms with Crippen molar-refractivity contribution in [3.05, 3.63) is 84.4 Å². The fourth-order valence-electron chi connectivity index (χ4n) is 6.38. The summed E-state index contributed by atoms with van der Waals surface area (Å²) >= 11 is 0. The van der Waals surface area contributed by atoms with Crippen LogP contribution in [0.4, 0.5) is 4.79 Å². The maximum Gasteiger partial charge on any atom is 0.408 e. The highest BCUT2D eigenvalue weighted by Gasteiger charge is 2.44. The van der Waals surface area contributed by atoms with Crippen molar-refractivity contribution >= 4 is 34.8 Å². The average molecular weight is 711 g/mol. The van der Waals surface area contributed by atoms with Gasteiger partial charge >= 0.3 is 12.1 Å². The standard InChI is InChI=1S/C39H42N4O9/c1-39(2,3)52-38(48)42-32-18-23-9-8-12-26(17-23)50-16-15-29(37(46)47)41-35(44)33-20-27(22-43(33)36(32)45)51-34-21-30(24-10-6-5-7-11-24)40-31-19-25(49-4)13-14-28(31)34/h5-14,17,19,21,27,29,32-33H,15-16,18,20,22H2,1-4H3,(H,41,44)(H,42,48)(H,46,47)/t27-,29+,32-,33+/m1/s1. The summed E-state index contributed by atoms with van der Waals surface area (Å²) in [5.41, 5.74) is 1.98. The molecule has 0 unspecified atom stereocenters. The zero-order valence-electron chi connectivity index (χ0n) is 29.5. The number of aliphatic carboxylic acids is 1. The van der Waals surface area contributed by atoms with Crippen molar-refractivity contribution in [3.8, 4) is 28.5 Å². The number of carboxylic acids is 1. The Morgan fingerprint density at radius 2 is 1.81 bits per heavy atom. The molecule has 3 heterocycles. The fraction of sp³-hybridized carbons (Fsp3) is 0.359. The lowest BCUT2D eigenvalue weighted by Gasteiger charge is -2.30. The first kappa shape index (κ1) is 36.0. The highest BCUT2D eigenvalue weighted by Crippen LogP contribution is 2.35. The first-order valence-electron chi connectivity index (χ1n) is 17.1. The van der Waals surface area contributed by atoms with Crippen LogP contribution in [0.3, 0.4) is 0 Å². The molecule has 2 aliphatic heterocycles. The Kier molecular flexibility index (Phi) is 10.5. The lowest BCUT2D eigenvalue weighted by atomic mass is 10.0. The number of methoxy groups -OCH3 is 1. The largest absolute Gasteiger partial charge is 0.497 e. The lowest BCUT2D eigenvalue weighted by molar-refractivity contribution is -0.144. The molecule has 3 amide bonds. The van der Waals surface area contributed by atoms with E-state index in [-0.39, 0.29) is 32.4 Å². The molecule has 13 heteroatoms. The number of fused-ring (bicyclic) bond motifs is 4. The van der Waals surface area contributed by atoms with Gasteiger partial charge in [-0.2, -0.15) is 0 Å². The molecule has 6 rings (SSSR count). The highest BCUT2D eigenvalue weighted by molar-refractivity contribution is 5.94. The molecule has 13 nitrogen and oxygen atoms in total. The molecule has 3 aromatic carbocycles. The topological polar surface area (TPSA) is 166 Å². The van der Waals surface area contributed by atoms with Gasteiger partial charge in [-0.3, -0.25) is 9.59 Å². The van der Waals surface area contributed by atoms with E-state index in [4.69, 9.17) is 23.9 Å². The predicted molar refractivity (Wildman–Crippen MR) is 191 cm³/mol. The fourth-order valence-corrected chi connectivity index (χ4v) is 6.38. The van der Waals surface area contributed by atoms with Crippen LogP contribution in [0.15, 0.2) is 78.9 Å². The third-order valence-corrected chi connectivity index (χ3v) is 8.81. The number of carbonyl (C=O) groups is 4. The van der Waals surface area contributed by atoms with Gasteiger partial charge in [0.15, 0.2) is 0 Å². The molecule has 1 aromatic heterocycles. The van der Waals surface area contributed by atoms with Gasteiger partial charge in [0, 0.05) is 42.3 Å². The lowest BCUT2D eigenvalue weighted by Crippen LogP contribution is -2.56. The number of pyridine rings is 1. The summed E-state index contributed by atoms with van der Waals surface area (Å²) in [6.07, 6.45) is -1.38. The Morgan fingerprint density at radius 1 is 1.02 bits per heavy atom. The zero-order valence-corrected chi connectivity index (χ0v) is 29.5. The Bertz CT molecular complexity index is 1960. The SMILES string of the molecule is COc1ccc2c(O[C@@H]3C[C@H]4C(=O)N[C@H](C(=O)O)CCOc5cccc(c5)C[C@@H](NC(=O)OC(C)(C)C)C(=O)N4C3)cc(-c3ccccc3)nc2c1. The van der Waals surface area contributed by atoms with Crippen LogP contribution in [0.1, 0.15) is 39.2 Å². The summed E-state index contributed by atoms with van der Waals surface area (Å²) in [5.74, 6) is -0.899. The van der Waals surface area contributed by atoms with Gasteiger partial charge in [-0.15, -0.1) is 0 Å². The van der Waals surface area contributed by atoms with E-state index in [1.807, 2.05) is 42.5 Å². The number of carboxylic acid groups (broad SMARTS) is 1. The van der Waals surface area contributed by atoms with E-state index in [0.717, 1.165) is 5.56 Å². The molecule has 2 aliphatic rings. The van der Waals surface area contributed by atoms with Crippen molar-refractivity contribution in [2.75, 3.05) is 20.3 Å². The van der Waals surface area contributed by atoms with Crippen LogP contribution in [-0.4, -0.2) is 89.0 Å². The average Bonchev–Trinajstić information content (AvgIpc) is 3.53. The van der Waals surface area contributed by atoms with E-state index in [2.05, 4.69) is 10.6 Å². The number of nitrogens with zero attached hydrogens (tertiary/aromatic N) is 2. The normalized spacial score (nSPS) is 20.9. The van der Waals surface area contributed by atoms with Crippen LogP contribution in [-0.2, 0) is 25.5 Å². The van der Waals surface area contributed by atoms with Crippen molar-refractivity contribution < 1.29 is 43.2 Å². The van der Waals surface area contributed by atoms with Crippen molar-refractivity contribution in [2.24, 2.45) is 0 Å². The van der Waals surface area contributed by atoms with E-state index in [9.17, 15) is 24.3 Å². The molecule has 3 N–H and O–H groups in total. The Labute approximate surface area is 301 Å². The third kappa shape index (κ3) is 8.53. The molecule has 4 aromatic rings. The second-order valence-electron chi connectivity index (χ2n) is 13.8. The zero-order chi connectivity index (χ0) is 37.0. The van der Waals surface area contributed by atoms with Gasteiger partial charge in [0.2, 0.25) is 11.8 Å². The second-order valence-corrected chi connectivity index (χ2v) is 13.8. The van der Waals surface area contributed by atoms with Crippen molar-refractivity contribution in [3.63, 3.8) is 0 Å². The highest BCUT2D eigenvalue weighted by atomic mass is 16.6. The number of hydrogen-bond acceptors (Lipinski definition) is 9. The summed E-state index contributed by atoms with van der Waals surface area (Å²) in [7, 11) is 1.57. The minimum absolute atomic E-state index is 0.0105. The summed E-state index contributed by atoms with van der Waals surface area (Å²) in [6.45, 7) is 5.14. The molecule has 52 heavy (non-hydrogen) atoms. The Balaban J connectivity index is 1.37. The monoisotopic (exact) mass is 710 g/mol. The van der Waals surface area contributed by atoms with Gasteiger partial charge in [-0.1, -0.05) is 42.5 Å². The van der Waals surface area contributed by atoms with E-state index >= 15 is 0 Å². The van der Waals surface area contributed by atoms with Crippen LogP contribution >= 0.6 is 0 Å². The van der Waals surface area contributed by atoms with Gasteiger partial charge in [0.1, 0.15) is 47.1 Å². The molecule has 1 saturated heterocycles. The van der Waals surface area contributed by atoms with E-state index in [1.165, 1.54) is 4.90 Å². The molecule has 4 atom stereocenters. The number of rotatable bonds is 6. The van der Waals surface area contributed by atoms with Crippen LogP contribution in [0.5, 0.6) is 17.2 Å². The number of aromatic nitrogens is 1. The van der Waals surface area contributed by atoms with Crippen LogP contribution < -0.4 is 24.8 Å². The van der Waals surface area contributed by atoms with Gasteiger partial charge in [-0.25, -0.2) is 14.6 Å². The van der Waals surface area contributed by atoms with Crippen LogP contribution in [0.2, 0.25) is 0 Å². The third-order valence-electron chi connectivity index (χ3n) is 8.81. The molecule has 0 radical (unpaired) electrons. The molecule has 0 saturated carbocycles. The molecule has 272 valence electrons. The second kappa shape index (κ2) is 15.2. The summed E-state index contributed by atoms with van der Waals surface area (Å²) in [6, 6.07) is 20.3. The van der Waals surface area contributed by atoms with Gasteiger partial charge in [-0.05, 0) is 50.6 Å². The maximum atomic E-state index is 14.5. The maximum absolute atomic E-state index is 14.5. The first-order chi connectivity index (χ1) is 24.9. The van der Waals surface area contributed by atoms with Crippen molar-refractivity contribution in [1.82, 2.24) is 20.5 Å². The molecular weight excluding hydrogens is 668 g/mol. The summed E-state index contributed by atoms with van der Waals surface area (Å²) in [4.78, 5) is 60.0. The van der Waals surface area contributed by atoms with Gasteiger partial charge in [0.25, 0.3) is 0 Å². The molecular formula is C39H42N4O9.